The molecule has 0 bridgehead atoms. The average molecular weight is 526 g/mol. The van der Waals surface area contributed by atoms with Gasteiger partial charge in [-0.1, -0.05) is 115 Å². The van der Waals surface area contributed by atoms with E-state index >= 15 is 0 Å². The molecule has 41 heavy (non-hydrogen) atoms. The number of furan rings is 1. The molecule has 0 spiro atoms. The third kappa shape index (κ3) is 4.14. The van der Waals surface area contributed by atoms with Crippen molar-refractivity contribution in [2.75, 3.05) is 0 Å². The van der Waals surface area contributed by atoms with Crippen LogP contribution in [0.4, 0.5) is 0 Å². The van der Waals surface area contributed by atoms with Crippen molar-refractivity contribution in [3.8, 4) is 45.3 Å². The number of hydrogen-bond acceptors (Lipinski definition) is 4. The van der Waals surface area contributed by atoms with Gasteiger partial charge in [-0.25, -0.2) is 15.0 Å². The smallest absolute Gasteiger partial charge is 0.164 e. The van der Waals surface area contributed by atoms with Gasteiger partial charge < -0.3 is 4.42 Å². The monoisotopic (exact) mass is 525 g/mol. The fourth-order valence-electron chi connectivity index (χ4n) is 5.51. The fourth-order valence-corrected chi connectivity index (χ4v) is 5.51. The molecule has 4 nitrogen and oxygen atoms in total. The molecule has 0 aliphatic heterocycles. The van der Waals surface area contributed by atoms with E-state index in [2.05, 4.69) is 66.7 Å². The molecule has 2 heterocycles. The van der Waals surface area contributed by atoms with Crippen LogP contribution in [0.25, 0.3) is 78.0 Å². The first-order valence-electron chi connectivity index (χ1n) is 13.6. The van der Waals surface area contributed by atoms with Gasteiger partial charge in [-0.2, -0.15) is 0 Å². The third-order valence-corrected chi connectivity index (χ3v) is 7.51. The number of fused-ring (bicyclic) bond motifs is 5. The molecule has 0 atom stereocenters. The Morgan fingerprint density at radius 2 is 0.951 bits per heavy atom. The summed E-state index contributed by atoms with van der Waals surface area (Å²) in [7, 11) is 0. The summed E-state index contributed by atoms with van der Waals surface area (Å²) in [6.45, 7) is 0. The van der Waals surface area contributed by atoms with Crippen LogP contribution >= 0.6 is 0 Å². The Bertz CT molecular complexity index is 2140. The van der Waals surface area contributed by atoms with E-state index in [-0.39, 0.29) is 0 Å². The average Bonchev–Trinajstić information content (AvgIpc) is 3.44. The van der Waals surface area contributed by atoms with Crippen molar-refractivity contribution in [1.82, 2.24) is 15.0 Å². The second-order valence-corrected chi connectivity index (χ2v) is 10.1. The van der Waals surface area contributed by atoms with Gasteiger partial charge in [0.2, 0.25) is 0 Å². The topological polar surface area (TPSA) is 51.8 Å². The van der Waals surface area contributed by atoms with Gasteiger partial charge in [0.25, 0.3) is 0 Å². The van der Waals surface area contributed by atoms with Gasteiger partial charge in [0.15, 0.2) is 17.5 Å². The van der Waals surface area contributed by atoms with Gasteiger partial charge in [0.05, 0.1) is 0 Å². The van der Waals surface area contributed by atoms with Crippen LogP contribution in [0.15, 0.2) is 144 Å². The molecule has 0 aliphatic rings. The molecule has 0 unspecified atom stereocenters. The van der Waals surface area contributed by atoms with Crippen LogP contribution in [0, 0.1) is 0 Å². The summed E-state index contributed by atoms with van der Waals surface area (Å²) in [4.78, 5) is 14.6. The maximum atomic E-state index is 6.10. The first kappa shape index (κ1) is 23.3. The van der Waals surface area contributed by atoms with Crippen molar-refractivity contribution in [1.29, 1.82) is 0 Å². The Morgan fingerprint density at radius 1 is 0.366 bits per heavy atom. The lowest BCUT2D eigenvalue weighted by atomic mass is 9.97. The van der Waals surface area contributed by atoms with E-state index in [4.69, 9.17) is 19.4 Å². The number of benzene rings is 6. The minimum Gasteiger partial charge on any atom is -0.456 e. The predicted octanol–water partition coefficient (Wildman–Crippen LogP) is 9.59. The minimum atomic E-state index is 0.645. The van der Waals surface area contributed by atoms with Crippen molar-refractivity contribution in [3.05, 3.63) is 140 Å². The largest absolute Gasteiger partial charge is 0.456 e. The van der Waals surface area contributed by atoms with Gasteiger partial charge in [-0.3, -0.25) is 0 Å². The lowest BCUT2D eigenvalue weighted by Gasteiger charge is -2.10. The Morgan fingerprint density at radius 3 is 1.68 bits per heavy atom. The van der Waals surface area contributed by atoms with Crippen LogP contribution in [0.1, 0.15) is 0 Å². The Labute approximate surface area is 236 Å². The molecule has 0 radical (unpaired) electrons. The number of rotatable bonds is 4. The lowest BCUT2D eigenvalue weighted by Crippen LogP contribution is -2.00. The van der Waals surface area contributed by atoms with Gasteiger partial charge in [0.1, 0.15) is 11.2 Å². The van der Waals surface area contributed by atoms with E-state index in [0.717, 1.165) is 49.8 Å². The van der Waals surface area contributed by atoms with Crippen LogP contribution in [0.3, 0.4) is 0 Å². The molecule has 8 aromatic rings. The van der Waals surface area contributed by atoms with Gasteiger partial charge in [-0.15, -0.1) is 0 Å². The zero-order chi connectivity index (χ0) is 27.2. The Hall–Kier alpha value is -5.61. The van der Waals surface area contributed by atoms with Gasteiger partial charge in [0, 0.05) is 27.5 Å². The van der Waals surface area contributed by atoms with Crippen molar-refractivity contribution in [2.45, 2.75) is 0 Å². The van der Waals surface area contributed by atoms with Crippen LogP contribution in [0.5, 0.6) is 0 Å². The summed E-state index contributed by atoms with van der Waals surface area (Å²) >= 11 is 0. The summed E-state index contributed by atoms with van der Waals surface area (Å²) in [6, 6.07) is 47.6. The summed E-state index contributed by atoms with van der Waals surface area (Å²) in [5.74, 6) is 1.95. The fraction of sp³-hybridized carbons (Fsp3) is 0. The van der Waals surface area contributed by atoms with E-state index in [1.54, 1.807) is 0 Å². The maximum Gasteiger partial charge on any atom is 0.164 e. The highest BCUT2D eigenvalue weighted by Gasteiger charge is 2.14. The van der Waals surface area contributed by atoms with Gasteiger partial charge in [-0.05, 0) is 46.2 Å². The van der Waals surface area contributed by atoms with Crippen molar-refractivity contribution in [2.24, 2.45) is 0 Å². The quantitative estimate of drug-likeness (QED) is 0.230. The molecule has 0 saturated carbocycles. The highest BCUT2D eigenvalue weighted by atomic mass is 16.3. The van der Waals surface area contributed by atoms with Gasteiger partial charge >= 0.3 is 0 Å². The zero-order valence-electron chi connectivity index (χ0n) is 22.0. The summed E-state index contributed by atoms with van der Waals surface area (Å²) in [5.41, 5.74) is 6.90. The minimum absolute atomic E-state index is 0.645. The van der Waals surface area contributed by atoms with E-state index in [0.29, 0.717) is 17.5 Å². The molecule has 4 heteroatoms. The highest BCUT2D eigenvalue weighted by Crippen LogP contribution is 2.36. The number of aromatic nitrogens is 3. The molecular weight excluding hydrogens is 502 g/mol. The van der Waals surface area contributed by atoms with E-state index in [1.165, 1.54) is 10.8 Å². The zero-order valence-corrected chi connectivity index (χ0v) is 22.0. The second-order valence-electron chi connectivity index (χ2n) is 10.1. The number of nitrogens with zero attached hydrogens (tertiary/aromatic N) is 3. The van der Waals surface area contributed by atoms with E-state index in [1.807, 2.05) is 72.8 Å². The van der Waals surface area contributed by atoms with E-state index < -0.39 is 0 Å². The van der Waals surface area contributed by atoms with Crippen LogP contribution < -0.4 is 0 Å². The van der Waals surface area contributed by atoms with Crippen molar-refractivity contribution in [3.63, 3.8) is 0 Å². The highest BCUT2D eigenvalue weighted by molar-refractivity contribution is 6.19. The normalized spacial score (nSPS) is 11.4. The molecule has 0 fully saturated rings. The van der Waals surface area contributed by atoms with Crippen molar-refractivity contribution >= 4 is 32.7 Å². The van der Waals surface area contributed by atoms with Crippen LogP contribution in [0.2, 0.25) is 0 Å². The first-order valence-corrected chi connectivity index (χ1v) is 13.6. The molecule has 192 valence electrons. The van der Waals surface area contributed by atoms with Crippen LogP contribution in [-0.2, 0) is 0 Å². The molecule has 2 aromatic heterocycles. The molecular formula is C37H23N3O. The van der Waals surface area contributed by atoms with E-state index in [9.17, 15) is 0 Å². The van der Waals surface area contributed by atoms with Crippen LogP contribution in [-0.4, -0.2) is 15.0 Å². The lowest BCUT2D eigenvalue weighted by molar-refractivity contribution is 0.669. The molecule has 8 rings (SSSR count). The number of para-hydroxylation sites is 1. The van der Waals surface area contributed by atoms with Crippen molar-refractivity contribution < 1.29 is 4.42 Å². The SMILES string of the molecule is c1ccc(-c2nc(-c3ccccc3)nc(-c3cccc(-c4ccc5c(ccc6oc7ccccc7c65)c4)c3)n2)cc1. The Balaban J connectivity index is 1.25. The molecule has 6 aromatic carbocycles. The summed E-state index contributed by atoms with van der Waals surface area (Å²) in [5, 5.41) is 4.65. The first-order chi connectivity index (χ1) is 20.3. The standard InChI is InChI=1S/C37H23N3O/c1-3-10-24(11-4-1)35-38-36(25-12-5-2-6-13-25)40-37(39-35)29-15-9-14-26(23-29)27-18-20-30-28(22-27)19-21-33-34(30)31-16-7-8-17-32(31)41-33/h1-23H. The molecule has 0 N–H and O–H groups in total. The maximum absolute atomic E-state index is 6.10. The predicted molar refractivity (Wildman–Crippen MR) is 166 cm³/mol. The second kappa shape index (κ2) is 9.54. The summed E-state index contributed by atoms with van der Waals surface area (Å²) < 4.78 is 6.10. The molecule has 0 aliphatic carbocycles. The molecule has 0 amide bonds. The summed E-state index contributed by atoms with van der Waals surface area (Å²) in [6.07, 6.45) is 0. The third-order valence-electron chi connectivity index (χ3n) is 7.51. The Kier molecular flexibility index (Phi) is 5.42. The molecule has 0 saturated heterocycles. The number of hydrogen-bond donors (Lipinski definition) is 0.